The summed E-state index contributed by atoms with van der Waals surface area (Å²) in [5.41, 5.74) is 2.80. The quantitative estimate of drug-likeness (QED) is 0.886. The van der Waals surface area contributed by atoms with Crippen LogP contribution in [0.2, 0.25) is 0 Å². The fraction of sp³-hybridized carbons (Fsp3) is 0.562. The molecule has 0 bridgehead atoms. The number of rotatable bonds is 5. The summed E-state index contributed by atoms with van der Waals surface area (Å²) in [5.74, 6) is -0.743. The first-order valence-electron chi connectivity index (χ1n) is 7.16. The molecule has 1 fully saturated rings. The number of nitrogens with zero attached hydrogens (tertiary/aromatic N) is 1. The van der Waals surface area contributed by atoms with Crippen LogP contribution in [0.5, 0.6) is 0 Å². The Labute approximate surface area is 115 Å². The molecule has 1 aliphatic heterocycles. The number of benzene rings is 1. The molecule has 0 radical (unpaired) electrons. The molecule has 1 N–H and O–H groups in total. The van der Waals surface area contributed by atoms with Crippen LogP contribution in [-0.2, 0) is 11.2 Å². The molecule has 19 heavy (non-hydrogen) atoms. The topological polar surface area (TPSA) is 40.5 Å². The molecule has 3 nitrogen and oxygen atoms in total. The van der Waals surface area contributed by atoms with E-state index < -0.39 is 5.97 Å². The second-order valence-electron chi connectivity index (χ2n) is 5.48. The molecular weight excluding hydrogens is 238 g/mol. The fourth-order valence-electron chi connectivity index (χ4n) is 2.79. The lowest BCUT2D eigenvalue weighted by atomic mass is 9.96. The summed E-state index contributed by atoms with van der Waals surface area (Å²) < 4.78 is 0. The molecule has 0 atom stereocenters. The van der Waals surface area contributed by atoms with Gasteiger partial charge < -0.3 is 10.0 Å². The Morgan fingerprint density at radius 3 is 2.63 bits per heavy atom. The Morgan fingerprint density at radius 2 is 2.00 bits per heavy atom. The third-order valence-corrected chi connectivity index (χ3v) is 4.12. The van der Waals surface area contributed by atoms with Gasteiger partial charge in [-0.05, 0) is 63.4 Å². The summed E-state index contributed by atoms with van der Waals surface area (Å²) >= 11 is 0. The number of hydrogen-bond donors (Lipinski definition) is 1. The van der Waals surface area contributed by atoms with Gasteiger partial charge in [-0.15, -0.1) is 0 Å². The Kier molecular flexibility index (Phi) is 4.97. The second kappa shape index (κ2) is 6.71. The van der Waals surface area contributed by atoms with Crippen molar-refractivity contribution >= 4 is 5.97 Å². The number of piperidine rings is 1. The third-order valence-electron chi connectivity index (χ3n) is 4.12. The molecule has 0 amide bonds. The van der Waals surface area contributed by atoms with Crippen molar-refractivity contribution in [2.45, 2.75) is 32.6 Å². The molecule has 0 aliphatic carbocycles. The normalized spacial score (nSPS) is 17.5. The molecule has 1 aromatic rings. The van der Waals surface area contributed by atoms with Crippen LogP contribution in [0.1, 0.15) is 30.4 Å². The van der Waals surface area contributed by atoms with E-state index in [1.165, 1.54) is 11.1 Å². The Balaban J connectivity index is 1.70. The first kappa shape index (κ1) is 14.1. The third kappa shape index (κ3) is 4.06. The van der Waals surface area contributed by atoms with Crippen LogP contribution < -0.4 is 0 Å². The van der Waals surface area contributed by atoms with Crippen LogP contribution in [0.3, 0.4) is 0 Å². The van der Waals surface area contributed by atoms with Crippen LogP contribution in [-0.4, -0.2) is 35.6 Å². The maximum absolute atomic E-state index is 10.9. The van der Waals surface area contributed by atoms with Crippen LogP contribution >= 0.6 is 0 Å². The number of likely N-dealkylation sites (tertiary alicyclic amines) is 1. The molecule has 0 spiro atoms. The van der Waals surface area contributed by atoms with Gasteiger partial charge in [0.2, 0.25) is 0 Å². The maximum Gasteiger partial charge on any atom is 0.306 e. The van der Waals surface area contributed by atoms with E-state index in [1.54, 1.807) is 0 Å². The Morgan fingerprint density at radius 1 is 1.32 bits per heavy atom. The molecule has 3 heteroatoms. The van der Waals surface area contributed by atoms with Gasteiger partial charge in [-0.2, -0.15) is 0 Å². The highest BCUT2D eigenvalue weighted by atomic mass is 16.4. The van der Waals surface area contributed by atoms with E-state index in [-0.39, 0.29) is 5.92 Å². The van der Waals surface area contributed by atoms with E-state index in [0.717, 1.165) is 45.3 Å². The summed E-state index contributed by atoms with van der Waals surface area (Å²) in [6.45, 7) is 5.11. The Bertz CT molecular complexity index is 423. The highest BCUT2D eigenvalue weighted by Crippen LogP contribution is 2.18. The molecule has 1 heterocycles. The predicted octanol–water partition coefficient (Wildman–Crippen LogP) is 2.72. The molecule has 0 unspecified atom stereocenters. The van der Waals surface area contributed by atoms with Crippen LogP contribution in [0.25, 0.3) is 0 Å². The molecular formula is C16H23NO2. The molecule has 1 saturated heterocycles. The highest BCUT2D eigenvalue weighted by molar-refractivity contribution is 5.70. The molecule has 0 aromatic heterocycles. The van der Waals surface area contributed by atoms with Crippen molar-refractivity contribution in [1.29, 1.82) is 0 Å². The van der Waals surface area contributed by atoms with Crippen LogP contribution in [0.15, 0.2) is 24.3 Å². The number of carboxylic acids is 1. The lowest BCUT2D eigenvalue weighted by Gasteiger charge is -2.29. The highest BCUT2D eigenvalue weighted by Gasteiger charge is 2.23. The van der Waals surface area contributed by atoms with Gasteiger partial charge >= 0.3 is 5.97 Å². The van der Waals surface area contributed by atoms with Crippen molar-refractivity contribution in [2.75, 3.05) is 19.6 Å². The largest absolute Gasteiger partial charge is 0.481 e. The lowest BCUT2D eigenvalue weighted by molar-refractivity contribution is -0.143. The summed E-state index contributed by atoms with van der Waals surface area (Å²) in [7, 11) is 0. The molecule has 0 saturated carbocycles. The van der Waals surface area contributed by atoms with E-state index in [2.05, 4.69) is 36.1 Å². The van der Waals surface area contributed by atoms with E-state index in [1.807, 2.05) is 0 Å². The standard InChI is InChI=1S/C16H23NO2/c1-13-5-2-3-6-14(13)7-4-10-17-11-8-15(9-12-17)16(18)19/h2-3,5-6,15H,4,7-12H2,1H3,(H,18,19). The minimum atomic E-state index is -0.625. The maximum atomic E-state index is 10.9. The first-order valence-corrected chi connectivity index (χ1v) is 7.16. The van der Waals surface area contributed by atoms with Gasteiger partial charge in [0.1, 0.15) is 0 Å². The fourth-order valence-corrected chi connectivity index (χ4v) is 2.79. The average Bonchev–Trinajstić information content (AvgIpc) is 2.41. The zero-order valence-electron chi connectivity index (χ0n) is 11.6. The molecule has 104 valence electrons. The van der Waals surface area contributed by atoms with Gasteiger partial charge in [-0.25, -0.2) is 0 Å². The zero-order valence-corrected chi connectivity index (χ0v) is 11.6. The summed E-state index contributed by atoms with van der Waals surface area (Å²) in [5, 5.41) is 8.96. The zero-order chi connectivity index (χ0) is 13.7. The monoisotopic (exact) mass is 261 g/mol. The number of aliphatic carboxylic acids is 1. The molecule has 1 aliphatic rings. The van der Waals surface area contributed by atoms with Gasteiger partial charge in [0.05, 0.1) is 5.92 Å². The average molecular weight is 261 g/mol. The van der Waals surface area contributed by atoms with E-state index >= 15 is 0 Å². The van der Waals surface area contributed by atoms with Crippen molar-refractivity contribution in [3.05, 3.63) is 35.4 Å². The van der Waals surface area contributed by atoms with Crippen molar-refractivity contribution < 1.29 is 9.90 Å². The molecule has 2 rings (SSSR count). The van der Waals surface area contributed by atoms with E-state index in [0.29, 0.717) is 0 Å². The van der Waals surface area contributed by atoms with Crippen molar-refractivity contribution in [2.24, 2.45) is 5.92 Å². The minimum absolute atomic E-state index is 0.118. The minimum Gasteiger partial charge on any atom is -0.481 e. The summed E-state index contributed by atoms with van der Waals surface area (Å²) in [4.78, 5) is 13.3. The number of aryl methyl sites for hydroxylation is 2. The van der Waals surface area contributed by atoms with E-state index in [9.17, 15) is 4.79 Å². The lowest BCUT2D eigenvalue weighted by Crippen LogP contribution is -2.36. The second-order valence-corrected chi connectivity index (χ2v) is 5.48. The molecule has 1 aromatic carbocycles. The summed E-state index contributed by atoms with van der Waals surface area (Å²) in [6, 6.07) is 8.54. The van der Waals surface area contributed by atoms with Gasteiger partial charge in [-0.3, -0.25) is 4.79 Å². The van der Waals surface area contributed by atoms with Gasteiger partial charge in [0, 0.05) is 0 Å². The Hall–Kier alpha value is -1.35. The number of carbonyl (C=O) groups is 1. The van der Waals surface area contributed by atoms with Crippen molar-refractivity contribution in [3.63, 3.8) is 0 Å². The van der Waals surface area contributed by atoms with Gasteiger partial charge in [0.15, 0.2) is 0 Å². The van der Waals surface area contributed by atoms with E-state index in [4.69, 9.17) is 5.11 Å². The van der Waals surface area contributed by atoms with Crippen molar-refractivity contribution in [3.8, 4) is 0 Å². The SMILES string of the molecule is Cc1ccccc1CCCN1CCC(C(=O)O)CC1. The number of hydrogen-bond acceptors (Lipinski definition) is 2. The van der Waals surface area contributed by atoms with Crippen LogP contribution in [0, 0.1) is 12.8 Å². The predicted molar refractivity (Wildman–Crippen MR) is 76.3 cm³/mol. The van der Waals surface area contributed by atoms with Gasteiger partial charge in [-0.1, -0.05) is 24.3 Å². The number of carboxylic acid groups (broad SMARTS) is 1. The summed E-state index contributed by atoms with van der Waals surface area (Å²) in [6.07, 6.45) is 3.88. The van der Waals surface area contributed by atoms with Crippen molar-refractivity contribution in [1.82, 2.24) is 4.90 Å². The van der Waals surface area contributed by atoms with Crippen LogP contribution in [0.4, 0.5) is 0 Å². The van der Waals surface area contributed by atoms with Gasteiger partial charge in [0.25, 0.3) is 0 Å². The smallest absolute Gasteiger partial charge is 0.306 e. The first-order chi connectivity index (χ1) is 9.16.